The topological polar surface area (TPSA) is 35.5 Å². The monoisotopic (exact) mass is 392 g/mol. The van der Waals surface area contributed by atoms with Gasteiger partial charge in [0.25, 0.3) is 5.92 Å². The maximum absolute atomic E-state index is 14.2. The van der Waals surface area contributed by atoms with Gasteiger partial charge in [0.15, 0.2) is 0 Å². The molecule has 0 saturated carbocycles. The molecule has 0 aliphatic carbocycles. The minimum atomic E-state index is -4.42. The van der Waals surface area contributed by atoms with Crippen LogP contribution in [0.5, 0.6) is 0 Å². The van der Waals surface area contributed by atoms with E-state index in [0.717, 1.165) is 0 Å². The van der Waals surface area contributed by atoms with Gasteiger partial charge in [-0.2, -0.15) is 13.2 Å². The second-order valence-corrected chi connectivity index (χ2v) is 6.36. The number of thioether (sulfide) groups is 1. The average molecular weight is 393 g/mol. The molecule has 2 N–H and O–H groups in total. The van der Waals surface area contributed by atoms with Crippen LogP contribution in [0.15, 0.2) is 29.2 Å². The summed E-state index contributed by atoms with van der Waals surface area (Å²) < 4.78 is 65.3. The standard InChI is InChI=1S/C14H17F5N2OS.ClH/c15-13(16,9-22)12(21-7-5-20-6-8-21)10-1-3-11(4-2-10)23-14(17,18)19;/h1-4,12,20,22H,5-9H2;1H/t12-;/m0./s1. The van der Waals surface area contributed by atoms with Gasteiger partial charge in [0.05, 0.1) is 0 Å². The zero-order valence-electron chi connectivity index (χ0n) is 12.5. The van der Waals surface area contributed by atoms with E-state index in [1.807, 2.05) is 0 Å². The van der Waals surface area contributed by atoms with E-state index in [-0.39, 0.29) is 34.6 Å². The fraction of sp³-hybridized carbons (Fsp3) is 0.571. The second-order valence-electron chi connectivity index (χ2n) is 5.22. The van der Waals surface area contributed by atoms with Gasteiger partial charge in [0.2, 0.25) is 0 Å². The van der Waals surface area contributed by atoms with E-state index in [4.69, 9.17) is 5.11 Å². The molecule has 0 spiro atoms. The van der Waals surface area contributed by atoms with Crippen molar-refractivity contribution < 1.29 is 27.1 Å². The molecule has 1 aliphatic heterocycles. The molecule has 0 unspecified atom stereocenters. The van der Waals surface area contributed by atoms with Gasteiger partial charge in [-0.1, -0.05) is 12.1 Å². The fourth-order valence-corrected chi connectivity index (χ4v) is 3.14. The molecule has 10 heteroatoms. The summed E-state index contributed by atoms with van der Waals surface area (Å²) in [5, 5.41) is 12.1. The Morgan fingerprint density at radius 3 is 2.08 bits per heavy atom. The van der Waals surface area contributed by atoms with Crippen molar-refractivity contribution in [2.24, 2.45) is 0 Å². The number of nitrogens with one attached hydrogen (secondary N) is 1. The highest BCUT2D eigenvalue weighted by Gasteiger charge is 2.44. The largest absolute Gasteiger partial charge is 0.446 e. The molecule has 0 aromatic heterocycles. The van der Waals surface area contributed by atoms with E-state index in [9.17, 15) is 22.0 Å². The van der Waals surface area contributed by atoms with Gasteiger partial charge in [-0.25, -0.2) is 8.78 Å². The molecule has 24 heavy (non-hydrogen) atoms. The minimum absolute atomic E-state index is 0. The number of benzene rings is 1. The maximum Gasteiger partial charge on any atom is 0.446 e. The van der Waals surface area contributed by atoms with Gasteiger partial charge in [-0.05, 0) is 29.5 Å². The van der Waals surface area contributed by atoms with Gasteiger partial charge in [-0.3, -0.25) is 4.90 Å². The number of hydrogen-bond acceptors (Lipinski definition) is 4. The van der Waals surface area contributed by atoms with Crippen molar-refractivity contribution in [1.82, 2.24) is 10.2 Å². The number of rotatable bonds is 5. The van der Waals surface area contributed by atoms with Crippen LogP contribution in [0, 0.1) is 0 Å². The quantitative estimate of drug-likeness (QED) is 0.595. The first kappa shape index (κ1) is 21.4. The van der Waals surface area contributed by atoms with Crippen molar-refractivity contribution in [3.63, 3.8) is 0 Å². The van der Waals surface area contributed by atoms with E-state index >= 15 is 0 Å². The molecule has 1 aliphatic rings. The molecule has 1 saturated heterocycles. The van der Waals surface area contributed by atoms with E-state index in [1.165, 1.54) is 24.3 Å². The van der Waals surface area contributed by atoms with E-state index in [0.29, 0.717) is 26.2 Å². The molecule has 1 atom stereocenters. The molecule has 1 aromatic rings. The van der Waals surface area contributed by atoms with Crippen molar-refractivity contribution in [1.29, 1.82) is 0 Å². The lowest BCUT2D eigenvalue weighted by atomic mass is 9.98. The molecule has 1 heterocycles. The molecule has 1 fully saturated rings. The van der Waals surface area contributed by atoms with E-state index < -0.39 is 24.1 Å². The Balaban J connectivity index is 0.00000288. The van der Waals surface area contributed by atoms with Crippen LogP contribution in [0.25, 0.3) is 0 Å². The summed E-state index contributed by atoms with van der Waals surface area (Å²) >= 11 is -0.290. The smallest absolute Gasteiger partial charge is 0.390 e. The second kappa shape index (κ2) is 8.66. The Bertz CT molecular complexity index is 509. The minimum Gasteiger partial charge on any atom is -0.390 e. The van der Waals surface area contributed by atoms with E-state index in [2.05, 4.69) is 5.32 Å². The molecular formula is C14H18ClF5N2OS. The van der Waals surface area contributed by atoms with Crippen molar-refractivity contribution in [2.45, 2.75) is 22.4 Å². The highest BCUT2D eigenvalue weighted by molar-refractivity contribution is 8.00. The summed E-state index contributed by atoms with van der Waals surface area (Å²) in [6, 6.07) is 3.53. The van der Waals surface area contributed by atoms with Crippen LogP contribution in [-0.2, 0) is 0 Å². The van der Waals surface area contributed by atoms with Crippen molar-refractivity contribution in [3.8, 4) is 0 Å². The summed E-state index contributed by atoms with van der Waals surface area (Å²) in [4.78, 5) is 1.48. The normalized spacial score (nSPS) is 18.1. The summed E-state index contributed by atoms with van der Waals surface area (Å²) in [5.74, 6) is -3.38. The summed E-state index contributed by atoms with van der Waals surface area (Å²) in [6.45, 7) is 0.513. The molecule has 0 radical (unpaired) electrons. The molecule has 3 nitrogen and oxygen atoms in total. The first-order valence-electron chi connectivity index (χ1n) is 7.02. The van der Waals surface area contributed by atoms with Gasteiger partial charge < -0.3 is 10.4 Å². The van der Waals surface area contributed by atoms with Gasteiger partial charge in [0.1, 0.15) is 12.6 Å². The number of aliphatic hydroxyl groups is 1. The lowest BCUT2D eigenvalue weighted by Crippen LogP contribution is -2.51. The first-order chi connectivity index (χ1) is 10.7. The number of halogens is 6. The van der Waals surface area contributed by atoms with Crippen LogP contribution in [0.2, 0.25) is 0 Å². The third kappa shape index (κ3) is 5.73. The Morgan fingerprint density at radius 2 is 1.62 bits per heavy atom. The predicted molar refractivity (Wildman–Crippen MR) is 84.8 cm³/mol. The number of aliphatic hydroxyl groups excluding tert-OH is 1. The lowest BCUT2D eigenvalue weighted by Gasteiger charge is -2.38. The third-order valence-electron chi connectivity index (χ3n) is 3.56. The van der Waals surface area contributed by atoms with Gasteiger partial charge in [0, 0.05) is 31.1 Å². The van der Waals surface area contributed by atoms with E-state index in [1.54, 1.807) is 4.90 Å². The Kier molecular flexibility index (Phi) is 7.74. The first-order valence-corrected chi connectivity index (χ1v) is 7.84. The molecule has 0 bridgehead atoms. The van der Waals surface area contributed by atoms with Crippen LogP contribution in [-0.4, -0.2) is 54.2 Å². The number of nitrogens with zero attached hydrogens (tertiary/aromatic N) is 1. The highest BCUT2D eigenvalue weighted by atomic mass is 35.5. The van der Waals surface area contributed by atoms with Crippen LogP contribution >= 0.6 is 24.2 Å². The summed E-state index contributed by atoms with van der Waals surface area (Å²) in [6.07, 6.45) is 0. The van der Waals surface area contributed by atoms with Crippen molar-refractivity contribution in [2.75, 3.05) is 32.8 Å². The number of piperazine rings is 1. The third-order valence-corrected chi connectivity index (χ3v) is 4.30. The van der Waals surface area contributed by atoms with Gasteiger partial charge >= 0.3 is 5.51 Å². The average Bonchev–Trinajstić information content (AvgIpc) is 2.49. The summed E-state index contributed by atoms with van der Waals surface area (Å²) in [7, 11) is 0. The SMILES string of the molecule is Cl.OCC(F)(F)[C@H](c1ccc(SC(F)(F)F)cc1)N1CCNCC1. The van der Waals surface area contributed by atoms with Gasteiger partial charge in [-0.15, -0.1) is 12.4 Å². The Labute approximate surface area is 147 Å². The maximum atomic E-state index is 14.2. The van der Waals surface area contributed by atoms with Crippen LogP contribution in [0.3, 0.4) is 0 Å². The highest BCUT2D eigenvalue weighted by Crippen LogP contribution is 2.40. The van der Waals surface area contributed by atoms with Crippen molar-refractivity contribution in [3.05, 3.63) is 29.8 Å². The van der Waals surface area contributed by atoms with Crippen LogP contribution in [0.4, 0.5) is 22.0 Å². The predicted octanol–water partition coefficient (Wildman–Crippen LogP) is 3.29. The summed E-state index contributed by atoms with van der Waals surface area (Å²) in [5.41, 5.74) is -4.23. The molecule has 2 rings (SSSR count). The van der Waals surface area contributed by atoms with Crippen molar-refractivity contribution >= 4 is 24.2 Å². The molecular weight excluding hydrogens is 375 g/mol. The molecule has 138 valence electrons. The molecule has 1 aromatic carbocycles. The number of alkyl halides is 5. The Morgan fingerprint density at radius 1 is 1.08 bits per heavy atom. The van der Waals surface area contributed by atoms with Crippen LogP contribution in [0.1, 0.15) is 11.6 Å². The zero-order chi connectivity index (χ0) is 17.1. The zero-order valence-corrected chi connectivity index (χ0v) is 14.2. The molecule has 0 amide bonds. The number of hydrogen-bond donors (Lipinski definition) is 2. The van der Waals surface area contributed by atoms with Crippen LogP contribution < -0.4 is 5.32 Å². The lowest BCUT2D eigenvalue weighted by molar-refractivity contribution is -0.118. The fourth-order valence-electron chi connectivity index (χ4n) is 2.60. The Hall–Kier alpha value is -0.610.